The number of benzene rings is 2. The van der Waals surface area contributed by atoms with Crippen molar-refractivity contribution in [1.82, 2.24) is 24.8 Å². The van der Waals surface area contributed by atoms with Crippen LogP contribution in [0.1, 0.15) is 27.7 Å². The smallest absolute Gasteiger partial charge is 0.383 e. The predicted octanol–water partition coefficient (Wildman–Crippen LogP) is 4.97. The molecule has 5 aromatic rings. The van der Waals surface area contributed by atoms with E-state index in [-0.39, 0.29) is 16.8 Å². The Morgan fingerprint density at radius 1 is 1.14 bits per heavy atom. The lowest BCUT2D eigenvalue weighted by Crippen LogP contribution is -2.45. The molecule has 2 amide bonds. The summed E-state index contributed by atoms with van der Waals surface area (Å²) >= 11 is 0.943. The first-order valence-electron chi connectivity index (χ1n) is 11.1. The van der Waals surface area contributed by atoms with Crippen LogP contribution >= 0.6 is 11.3 Å². The number of amides is 2. The van der Waals surface area contributed by atoms with E-state index < -0.39 is 23.6 Å². The molecule has 0 fully saturated rings. The van der Waals surface area contributed by atoms with Gasteiger partial charge in [0.05, 0.1) is 34.7 Å². The minimum Gasteiger partial charge on any atom is -0.383 e. The summed E-state index contributed by atoms with van der Waals surface area (Å²) in [7, 11) is 3.19. The van der Waals surface area contributed by atoms with E-state index in [1.54, 1.807) is 48.3 Å². The fourth-order valence-electron chi connectivity index (χ4n) is 4.29. The number of carbonyl (C=O) groups excluding carboxylic acids is 2. The molecule has 5 rings (SSSR count). The lowest BCUT2D eigenvalue weighted by atomic mass is 10.1. The van der Waals surface area contributed by atoms with E-state index in [9.17, 15) is 22.8 Å². The maximum atomic E-state index is 13.7. The van der Waals surface area contributed by atoms with Crippen LogP contribution in [-0.4, -0.2) is 43.6 Å². The highest BCUT2D eigenvalue weighted by Crippen LogP contribution is 2.39. The van der Waals surface area contributed by atoms with E-state index in [0.29, 0.717) is 37.9 Å². The van der Waals surface area contributed by atoms with Crippen LogP contribution in [0, 0.1) is 0 Å². The second-order valence-electron chi connectivity index (χ2n) is 8.60. The second kappa shape index (κ2) is 8.73. The van der Waals surface area contributed by atoms with Crippen molar-refractivity contribution in [2.75, 3.05) is 12.8 Å². The van der Waals surface area contributed by atoms with Crippen LogP contribution in [0.15, 0.2) is 48.7 Å². The fraction of sp³-hybridized carbons (Fsp3) is 0.200. The maximum absolute atomic E-state index is 13.7. The summed E-state index contributed by atoms with van der Waals surface area (Å²) < 4.78 is 42.3. The lowest BCUT2D eigenvalue weighted by Gasteiger charge is -2.31. The molecule has 12 heteroatoms. The highest BCUT2D eigenvalue weighted by atomic mass is 32.1. The number of hydrogen-bond acceptors (Lipinski definition) is 6. The van der Waals surface area contributed by atoms with Crippen molar-refractivity contribution < 1.29 is 22.8 Å². The van der Waals surface area contributed by atoms with Gasteiger partial charge in [0.15, 0.2) is 0 Å². The molecule has 37 heavy (non-hydrogen) atoms. The van der Waals surface area contributed by atoms with E-state index >= 15 is 0 Å². The third kappa shape index (κ3) is 4.22. The minimum atomic E-state index is -4.51. The first-order chi connectivity index (χ1) is 17.5. The normalized spacial score (nSPS) is 11.9. The van der Waals surface area contributed by atoms with Crippen LogP contribution in [-0.2, 0) is 24.6 Å². The van der Waals surface area contributed by atoms with E-state index in [2.05, 4.69) is 10.1 Å². The van der Waals surface area contributed by atoms with E-state index in [1.165, 1.54) is 25.0 Å². The molecule has 0 atom stereocenters. The van der Waals surface area contributed by atoms with Crippen molar-refractivity contribution in [2.24, 2.45) is 7.05 Å². The third-order valence-electron chi connectivity index (χ3n) is 6.21. The molecule has 0 aliphatic carbocycles. The average Bonchev–Trinajstić information content (AvgIpc) is 3.44. The summed E-state index contributed by atoms with van der Waals surface area (Å²) in [5, 5.41) is 8.32. The number of hydrogen-bond donors (Lipinski definition) is 1. The first-order valence-corrected chi connectivity index (χ1v) is 11.9. The number of halogens is 3. The zero-order chi connectivity index (χ0) is 26.6. The maximum Gasteiger partial charge on any atom is 0.417 e. The molecule has 2 N–H and O–H groups in total. The molecule has 0 saturated carbocycles. The molecular formula is C25H21F3N6O2S. The zero-order valence-electron chi connectivity index (χ0n) is 20.0. The Balaban J connectivity index is 1.58. The van der Waals surface area contributed by atoms with Gasteiger partial charge in [0.2, 0.25) is 5.91 Å². The number of rotatable bonds is 3. The Hall–Kier alpha value is -4.19. The SMILES string of the molecule is CC(=O)N(C)N(Cc1cc2cccc(C(F)(F)F)c2s1)C(=O)c1ccc2nc(N)c3cnn(C)c3c2c1. The van der Waals surface area contributed by atoms with Gasteiger partial charge in [-0.05, 0) is 35.7 Å². The highest BCUT2D eigenvalue weighted by molar-refractivity contribution is 7.19. The van der Waals surface area contributed by atoms with E-state index in [4.69, 9.17) is 5.73 Å². The molecule has 0 spiro atoms. The van der Waals surface area contributed by atoms with Gasteiger partial charge in [0, 0.05) is 41.5 Å². The number of aromatic nitrogens is 3. The Morgan fingerprint density at radius 3 is 2.59 bits per heavy atom. The van der Waals surface area contributed by atoms with Crippen LogP contribution in [0.3, 0.4) is 0 Å². The fourth-order valence-corrected chi connectivity index (χ4v) is 5.46. The molecule has 8 nitrogen and oxygen atoms in total. The molecule has 0 aliphatic rings. The Bertz CT molecular complexity index is 1710. The van der Waals surface area contributed by atoms with Crippen LogP contribution < -0.4 is 5.73 Å². The quantitative estimate of drug-likeness (QED) is 0.335. The van der Waals surface area contributed by atoms with Gasteiger partial charge in [-0.3, -0.25) is 19.3 Å². The Kier molecular flexibility index (Phi) is 5.78. The lowest BCUT2D eigenvalue weighted by molar-refractivity contribution is -0.140. The number of pyridine rings is 1. The molecule has 3 aromatic heterocycles. The molecular weight excluding hydrogens is 505 g/mol. The second-order valence-corrected chi connectivity index (χ2v) is 9.74. The van der Waals surface area contributed by atoms with Gasteiger partial charge < -0.3 is 5.73 Å². The third-order valence-corrected chi connectivity index (χ3v) is 7.38. The number of thiophene rings is 1. The van der Waals surface area contributed by atoms with Crippen molar-refractivity contribution >= 4 is 60.9 Å². The summed E-state index contributed by atoms with van der Waals surface area (Å²) in [6.07, 6.45) is -2.91. The standard InChI is InChI=1S/C25H21F3N6O2S/c1-13(35)33(3)34(12-16-9-14-5-4-6-19(22(14)37-16)25(26,27)28)24(36)15-7-8-20-17(10-15)21-18(23(29)31-20)11-30-32(21)2/h4-11H,12H2,1-3H3,(H2,29,31). The van der Waals surface area contributed by atoms with Crippen molar-refractivity contribution in [1.29, 1.82) is 0 Å². The molecule has 3 heterocycles. The van der Waals surface area contributed by atoms with Crippen LogP contribution in [0.2, 0.25) is 0 Å². The first kappa shape index (κ1) is 24.5. The van der Waals surface area contributed by atoms with Gasteiger partial charge in [-0.1, -0.05) is 12.1 Å². The van der Waals surface area contributed by atoms with Gasteiger partial charge in [-0.15, -0.1) is 11.3 Å². The number of carbonyl (C=O) groups is 2. The van der Waals surface area contributed by atoms with Crippen molar-refractivity contribution in [2.45, 2.75) is 19.6 Å². The van der Waals surface area contributed by atoms with Crippen molar-refractivity contribution in [3.8, 4) is 0 Å². The number of nitrogens with zero attached hydrogens (tertiary/aromatic N) is 5. The zero-order valence-corrected chi connectivity index (χ0v) is 20.8. The van der Waals surface area contributed by atoms with Gasteiger partial charge in [0.1, 0.15) is 5.82 Å². The molecule has 0 radical (unpaired) electrons. The monoisotopic (exact) mass is 526 g/mol. The van der Waals surface area contributed by atoms with Crippen molar-refractivity contribution in [3.63, 3.8) is 0 Å². The van der Waals surface area contributed by atoms with Gasteiger partial charge in [-0.2, -0.15) is 18.3 Å². The summed E-state index contributed by atoms with van der Waals surface area (Å²) in [4.78, 5) is 30.8. The van der Waals surface area contributed by atoms with Crippen LogP contribution in [0.5, 0.6) is 0 Å². The number of fused-ring (bicyclic) bond motifs is 4. The number of alkyl halides is 3. The summed E-state index contributed by atoms with van der Waals surface area (Å²) in [5.41, 5.74) is 6.86. The number of hydrazine groups is 1. The minimum absolute atomic E-state index is 0.0795. The molecule has 0 unspecified atom stereocenters. The highest BCUT2D eigenvalue weighted by Gasteiger charge is 2.33. The van der Waals surface area contributed by atoms with Gasteiger partial charge >= 0.3 is 6.18 Å². The number of nitrogen functional groups attached to an aromatic ring is 1. The molecule has 0 bridgehead atoms. The largest absolute Gasteiger partial charge is 0.417 e. The molecule has 2 aromatic carbocycles. The van der Waals surface area contributed by atoms with Gasteiger partial charge in [-0.25, -0.2) is 9.99 Å². The van der Waals surface area contributed by atoms with Crippen LogP contribution in [0.4, 0.5) is 19.0 Å². The number of anilines is 1. The number of nitrogens with two attached hydrogens (primary N) is 1. The molecule has 0 aliphatic heterocycles. The molecule has 190 valence electrons. The van der Waals surface area contributed by atoms with Crippen molar-refractivity contribution in [3.05, 3.63) is 64.7 Å². The Labute approximate surface area is 212 Å². The Morgan fingerprint density at radius 2 is 1.89 bits per heavy atom. The van der Waals surface area contributed by atoms with Gasteiger partial charge in [0.25, 0.3) is 5.91 Å². The summed E-state index contributed by atoms with van der Waals surface area (Å²) in [6, 6.07) is 10.5. The topological polar surface area (TPSA) is 97.3 Å². The van der Waals surface area contributed by atoms with E-state index in [1.807, 2.05) is 0 Å². The molecule has 0 saturated heterocycles. The average molecular weight is 527 g/mol. The predicted molar refractivity (Wildman–Crippen MR) is 136 cm³/mol. The summed E-state index contributed by atoms with van der Waals surface area (Å²) in [5.74, 6) is -0.592. The number of aryl methyl sites for hydroxylation is 1. The van der Waals surface area contributed by atoms with Crippen LogP contribution in [0.25, 0.3) is 31.9 Å². The van der Waals surface area contributed by atoms with E-state index in [0.717, 1.165) is 22.4 Å². The summed E-state index contributed by atoms with van der Waals surface area (Å²) in [6.45, 7) is 1.21.